The fourth-order valence-corrected chi connectivity index (χ4v) is 1.70. The van der Waals surface area contributed by atoms with Gasteiger partial charge in [-0.3, -0.25) is 0 Å². The van der Waals surface area contributed by atoms with Gasteiger partial charge in [-0.2, -0.15) is 0 Å². The van der Waals surface area contributed by atoms with E-state index in [1.54, 1.807) is 12.1 Å². The smallest absolute Gasteiger partial charge is 0.137 e. The molecule has 0 fully saturated rings. The zero-order chi connectivity index (χ0) is 11.5. The van der Waals surface area contributed by atoms with E-state index in [4.69, 9.17) is 4.42 Å². The molecule has 0 bridgehead atoms. The van der Waals surface area contributed by atoms with Crippen LogP contribution in [0.4, 0.5) is 0 Å². The Labute approximate surface area is 95.2 Å². The zero-order valence-corrected chi connectivity index (χ0v) is 9.66. The standard InChI is InChI=1S/C14H16O2/c1-10(2)4-3-5-13-8-11-6-7-12(15)9-14(11)16-13/h4,6-9,15H,3,5H2,1-2H3. The first kappa shape index (κ1) is 10.8. The van der Waals surface area contributed by atoms with Gasteiger partial charge in [0.05, 0.1) is 0 Å². The molecule has 0 spiro atoms. The van der Waals surface area contributed by atoms with Gasteiger partial charge in [-0.05, 0) is 38.5 Å². The second-order valence-electron chi connectivity index (χ2n) is 4.25. The normalized spacial score (nSPS) is 10.6. The van der Waals surface area contributed by atoms with E-state index in [2.05, 4.69) is 19.9 Å². The summed E-state index contributed by atoms with van der Waals surface area (Å²) in [5.74, 6) is 1.22. The molecular formula is C14H16O2. The lowest BCUT2D eigenvalue weighted by Gasteiger charge is -1.92. The molecule has 0 aliphatic rings. The van der Waals surface area contributed by atoms with Crippen LogP contribution in [0.2, 0.25) is 0 Å². The third-order valence-corrected chi connectivity index (χ3v) is 2.50. The Bertz CT molecular complexity index is 517. The van der Waals surface area contributed by atoms with E-state index in [0.29, 0.717) is 0 Å². The molecule has 0 saturated carbocycles. The first-order valence-corrected chi connectivity index (χ1v) is 5.50. The molecule has 1 N–H and O–H groups in total. The molecule has 0 unspecified atom stereocenters. The highest BCUT2D eigenvalue weighted by molar-refractivity contribution is 5.79. The molecule has 0 amide bonds. The Morgan fingerprint density at radius 1 is 1.31 bits per heavy atom. The van der Waals surface area contributed by atoms with E-state index in [-0.39, 0.29) is 5.75 Å². The van der Waals surface area contributed by atoms with E-state index in [0.717, 1.165) is 29.6 Å². The minimum Gasteiger partial charge on any atom is -0.508 e. The van der Waals surface area contributed by atoms with Crippen molar-refractivity contribution < 1.29 is 9.52 Å². The van der Waals surface area contributed by atoms with Crippen LogP contribution in [0, 0.1) is 0 Å². The summed E-state index contributed by atoms with van der Waals surface area (Å²) in [5.41, 5.74) is 2.08. The molecular weight excluding hydrogens is 200 g/mol. The SMILES string of the molecule is CC(C)=CCCc1cc2ccc(O)cc2o1. The average molecular weight is 216 g/mol. The van der Waals surface area contributed by atoms with Gasteiger partial charge in [-0.15, -0.1) is 0 Å². The molecule has 0 aliphatic carbocycles. The van der Waals surface area contributed by atoms with Crippen molar-refractivity contribution in [2.24, 2.45) is 0 Å². The first-order chi connectivity index (χ1) is 7.65. The van der Waals surface area contributed by atoms with E-state index in [9.17, 15) is 5.11 Å². The number of rotatable bonds is 3. The van der Waals surface area contributed by atoms with Gasteiger partial charge in [0.15, 0.2) is 0 Å². The number of phenolic OH excluding ortho intramolecular Hbond substituents is 1. The molecule has 2 heteroatoms. The summed E-state index contributed by atoms with van der Waals surface area (Å²) in [6.07, 6.45) is 4.10. The van der Waals surface area contributed by atoms with Crippen molar-refractivity contribution in [1.82, 2.24) is 0 Å². The van der Waals surface area contributed by atoms with E-state index >= 15 is 0 Å². The van der Waals surface area contributed by atoms with Crippen LogP contribution in [0.3, 0.4) is 0 Å². The molecule has 1 aromatic carbocycles. The van der Waals surface area contributed by atoms with Crippen molar-refractivity contribution in [3.8, 4) is 5.75 Å². The third-order valence-electron chi connectivity index (χ3n) is 2.50. The van der Waals surface area contributed by atoms with Crippen molar-refractivity contribution in [1.29, 1.82) is 0 Å². The van der Waals surface area contributed by atoms with Gasteiger partial charge in [-0.1, -0.05) is 11.6 Å². The Hall–Kier alpha value is -1.70. The minimum absolute atomic E-state index is 0.248. The summed E-state index contributed by atoms with van der Waals surface area (Å²) in [6, 6.07) is 7.24. The molecule has 0 saturated heterocycles. The van der Waals surface area contributed by atoms with Crippen LogP contribution >= 0.6 is 0 Å². The number of phenols is 1. The highest BCUT2D eigenvalue weighted by Gasteiger charge is 2.03. The van der Waals surface area contributed by atoms with Gasteiger partial charge in [0.2, 0.25) is 0 Å². The number of fused-ring (bicyclic) bond motifs is 1. The van der Waals surface area contributed by atoms with Crippen LogP contribution in [0.5, 0.6) is 5.75 Å². The van der Waals surface area contributed by atoms with Gasteiger partial charge in [-0.25, -0.2) is 0 Å². The molecule has 0 radical (unpaired) electrons. The molecule has 84 valence electrons. The van der Waals surface area contributed by atoms with Crippen molar-refractivity contribution in [3.05, 3.63) is 41.7 Å². The van der Waals surface area contributed by atoms with Gasteiger partial charge in [0.1, 0.15) is 17.1 Å². The van der Waals surface area contributed by atoms with Gasteiger partial charge in [0, 0.05) is 17.9 Å². The molecule has 2 nitrogen and oxygen atoms in total. The molecule has 0 aliphatic heterocycles. The second-order valence-corrected chi connectivity index (χ2v) is 4.25. The largest absolute Gasteiger partial charge is 0.508 e. The summed E-state index contributed by atoms with van der Waals surface area (Å²) in [6.45, 7) is 4.19. The van der Waals surface area contributed by atoms with Crippen molar-refractivity contribution >= 4 is 11.0 Å². The predicted octanol–water partition coefficient (Wildman–Crippen LogP) is 4.04. The van der Waals surface area contributed by atoms with Crippen LogP contribution in [0.15, 0.2) is 40.3 Å². The summed E-state index contributed by atoms with van der Waals surface area (Å²) in [5, 5.41) is 10.4. The monoisotopic (exact) mass is 216 g/mol. The Balaban J connectivity index is 2.17. The maximum atomic E-state index is 9.32. The fraction of sp³-hybridized carbons (Fsp3) is 0.286. The molecule has 0 atom stereocenters. The van der Waals surface area contributed by atoms with Crippen LogP contribution in [0.25, 0.3) is 11.0 Å². The number of aryl methyl sites for hydroxylation is 1. The summed E-state index contributed by atoms with van der Waals surface area (Å²) < 4.78 is 5.64. The lowest BCUT2D eigenvalue weighted by Crippen LogP contribution is -1.78. The minimum atomic E-state index is 0.248. The quantitative estimate of drug-likeness (QED) is 0.785. The Morgan fingerprint density at radius 3 is 2.88 bits per heavy atom. The molecule has 1 heterocycles. The van der Waals surface area contributed by atoms with Crippen LogP contribution < -0.4 is 0 Å². The number of hydrogen-bond acceptors (Lipinski definition) is 2. The topological polar surface area (TPSA) is 33.4 Å². The Morgan fingerprint density at radius 2 is 2.12 bits per heavy atom. The van der Waals surface area contributed by atoms with E-state index in [1.165, 1.54) is 5.57 Å². The molecule has 2 aromatic rings. The van der Waals surface area contributed by atoms with Crippen molar-refractivity contribution in [2.75, 3.05) is 0 Å². The maximum absolute atomic E-state index is 9.32. The van der Waals surface area contributed by atoms with Gasteiger partial charge in [0.25, 0.3) is 0 Å². The van der Waals surface area contributed by atoms with Gasteiger partial charge >= 0.3 is 0 Å². The summed E-state index contributed by atoms with van der Waals surface area (Å²) in [4.78, 5) is 0. The van der Waals surface area contributed by atoms with Crippen molar-refractivity contribution in [3.63, 3.8) is 0 Å². The number of allylic oxidation sites excluding steroid dienone is 2. The number of benzene rings is 1. The highest BCUT2D eigenvalue weighted by Crippen LogP contribution is 2.24. The van der Waals surface area contributed by atoms with Crippen LogP contribution in [-0.2, 0) is 6.42 Å². The Kier molecular flexibility index (Phi) is 3.00. The zero-order valence-electron chi connectivity index (χ0n) is 9.66. The number of hydrogen-bond donors (Lipinski definition) is 1. The fourth-order valence-electron chi connectivity index (χ4n) is 1.70. The van der Waals surface area contributed by atoms with Crippen LogP contribution in [-0.4, -0.2) is 5.11 Å². The van der Waals surface area contributed by atoms with Gasteiger partial charge < -0.3 is 9.52 Å². The second kappa shape index (κ2) is 4.44. The maximum Gasteiger partial charge on any atom is 0.137 e. The molecule has 1 aromatic heterocycles. The van der Waals surface area contributed by atoms with E-state index < -0.39 is 0 Å². The highest BCUT2D eigenvalue weighted by atomic mass is 16.3. The predicted molar refractivity (Wildman–Crippen MR) is 65.6 cm³/mol. The first-order valence-electron chi connectivity index (χ1n) is 5.50. The van der Waals surface area contributed by atoms with Crippen molar-refractivity contribution in [2.45, 2.75) is 26.7 Å². The number of aromatic hydroxyl groups is 1. The molecule has 2 rings (SSSR count). The van der Waals surface area contributed by atoms with Crippen LogP contribution in [0.1, 0.15) is 26.0 Å². The molecule has 16 heavy (non-hydrogen) atoms. The van der Waals surface area contributed by atoms with E-state index in [1.807, 2.05) is 12.1 Å². The third kappa shape index (κ3) is 2.45. The number of furan rings is 1. The lowest BCUT2D eigenvalue weighted by molar-refractivity contribution is 0.473. The summed E-state index contributed by atoms with van der Waals surface area (Å²) >= 11 is 0. The lowest BCUT2D eigenvalue weighted by atomic mass is 10.2. The summed E-state index contributed by atoms with van der Waals surface area (Å²) in [7, 11) is 0. The average Bonchev–Trinajstić information content (AvgIpc) is 2.58.